The van der Waals surface area contributed by atoms with Gasteiger partial charge < -0.3 is 20.4 Å². The number of nitrogens with zero attached hydrogens (tertiary/aromatic N) is 2. The van der Waals surface area contributed by atoms with Gasteiger partial charge in [-0.1, -0.05) is 42.5 Å². The van der Waals surface area contributed by atoms with Gasteiger partial charge in [0, 0.05) is 37.8 Å². The Hall–Kier alpha value is -3.35. The Bertz CT molecular complexity index is 954. The number of aryl methyl sites for hydroxylation is 1. The molecule has 2 aromatic rings. The Morgan fingerprint density at radius 2 is 1.74 bits per heavy atom. The summed E-state index contributed by atoms with van der Waals surface area (Å²) < 4.78 is 0. The first-order valence-electron chi connectivity index (χ1n) is 10.8. The Kier molecular flexibility index (Phi) is 6.21. The molecule has 7 heteroatoms. The number of amides is 4. The van der Waals surface area contributed by atoms with Crippen LogP contribution in [0.5, 0.6) is 0 Å². The van der Waals surface area contributed by atoms with Crippen LogP contribution in [0.25, 0.3) is 0 Å². The third-order valence-corrected chi connectivity index (χ3v) is 6.01. The summed E-state index contributed by atoms with van der Waals surface area (Å²) in [5.74, 6) is -0.316. The number of anilines is 1. The van der Waals surface area contributed by atoms with Crippen LogP contribution in [-0.4, -0.2) is 53.8 Å². The quantitative estimate of drug-likeness (QED) is 0.801. The molecule has 2 aliphatic rings. The second kappa shape index (κ2) is 9.20. The molecule has 2 heterocycles. The van der Waals surface area contributed by atoms with E-state index in [4.69, 9.17) is 0 Å². The summed E-state index contributed by atoms with van der Waals surface area (Å²) in [6, 6.07) is 16.4. The molecular formula is C24H28N4O3. The van der Waals surface area contributed by atoms with Gasteiger partial charge in [0.1, 0.15) is 6.04 Å². The van der Waals surface area contributed by atoms with Crippen molar-refractivity contribution in [1.82, 2.24) is 15.1 Å². The van der Waals surface area contributed by atoms with E-state index in [0.29, 0.717) is 39.0 Å². The Morgan fingerprint density at radius 3 is 2.45 bits per heavy atom. The molecule has 2 aromatic carbocycles. The fraction of sp³-hybridized carbons (Fsp3) is 0.375. The second-order valence-corrected chi connectivity index (χ2v) is 8.20. The van der Waals surface area contributed by atoms with Gasteiger partial charge in [-0.2, -0.15) is 0 Å². The maximum absolute atomic E-state index is 13.3. The van der Waals surface area contributed by atoms with Gasteiger partial charge in [-0.15, -0.1) is 0 Å². The summed E-state index contributed by atoms with van der Waals surface area (Å²) in [7, 11) is 0. The highest BCUT2D eigenvalue weighted by Crippen LogP contribution is 2.28. The van der Waals surface area contributed by atoms with Crippen molar-refractivity contribution in [3.8, 4) is 0 Å². The summed E-state index contributed by atoms with van der Waals surface area (Å²) in [5.41, 5.74) is 2.68. The van der Waals surface area contributed by atoms with Crippen molar-refractivity contribution in [2.24, 2.45) is 5.92 Å². The van der Waals surface area contributed by atoms with Crippen molar-refractivity contribution in [2.75, 3.05) is 31.5 Å². The number of hydrogen-bond acceptors (Lipinski definition) is 3. The Labute approximate surface area is 182 Å². The van der Waals surface area contributed by atoms with Gasteiger partial charge in [-0.05, 0) is 43.0 Å². The number of carbonyl (C=O) groups is 3. The second-order valence-electron chi connectivity index (χ2n) is 8.20. The molecule has 162 valence electrons. The maximum atomic E-state index is 13.3. The van der Waals surface area contributed by atoms with E-state index in [2.05, 4.69) is 10.6 Å². The molecule has 2 fully saturated rings. The number of rotatable bonds is 3. The molecule has 0 spiro atoms. The smallest absolute Gasteiger partial charge is 0.321 e. The highest BCUT2D eigenvalue weighted by atomic mass is 16.2. The number of carbonyl (C=O) groups excluding carboxylic acids is 3. The molecule has 4 rings (SSSR count). The molecule has 0 aromatic heterocycles. The van der Waals surface area contributed by atoms with Crippen LogP contribution >= 0.6 is 0 Å². The molecule has 2 N–H and O–H groups in total. The minimum atomic E-state index is -0.593. The monoisotopic (exact) mass is 420 g/mol. The zero-order valence-electron chi connectivity index (χ0n) is 17.7. The average Bonchev–Trinajstić information content (AvgIpc) is 2.79. The van der Waals surface area contributed by atoms with Crippen molar-refractivity contribution in [2.45, 2.75) is 25.8 Å². The van der Waals surface area contributed by atoms with E-state index in [1.165, 1.54) is 0 Å². The number of hydrogen-bond donors (Lipinski definition) is 2. The summed E-state index contributed by atoms with van der Waals surface area (Å²) >= 11 is 0. The summed E-state index contributed by atoms with van der Waals surface area (Å²) in [4.78, 5) is 41.9. The molecule has 7 nitrogen and oxygen atoms in total. The predicted octanol–water partition coefficient (Wildman–Crippen LogP) is 2.94. The van der Waals surface area contributed by atoms with Crippen molar-refractivity contribution >= 4 is 23.5 Å². The zero-order chi connectivity index (χ0) is 21.8. The first-order valence-corrected chi connectivity index (χ1v) is 10.8. The number of benzene rings is 2. The van der Waals surface area contributed by atoms with Crippen molar-refractivity contribution in [1.29, 1.82) is 0 Å². The van der Waals surface area contributed by atoms with Crippen LogP contribution in [0.1, 0.15) is 30.0 Å². The standard InChI is InChI=1S/C24H28N4O3/c1-17-6-5-9-20(16-17)26-24(31)27-13-10-19(11-14-27)23(30)28-15-12-25-22(29)21(28)18-7-3-2-4-8-18/h2-9,16,19,21H,10-15H2,1H3,(H,25,29)(H,26,31). The molecule has 31 heavy (non-hydrogen) atoms. The summed E-state index contributed by atoms with van der Waals surface area (Å²) in [6.07, 6.45) is 1.19. The summed E-state index contributed by atoms with van der Waals surface area (Å²) in [6.45, 7) is 3.98. The topological polar surface area (TPSA) is 81.8 Å². The van der Waals surface area contributed by atoms with Crippen molar-refractivity contribution in [3.63, 3.8) is 0 Å². The predicted molar refractivity (Wildman–Crippen MR) is 118 cm³/mol. The van der Waals surface area contributed by atoms with E-state index in [1.807, 2.05) is 61.5 Å². The molecule has 0 radical (unpaired) electrons. The lowest BCUT2D eigenvalue weighted by atomic mass is 9.93. The minimum Gasteiger partial charge on any atom is -0.352 e. The van der Waals surface area contributed by atoms with E-state index >= 15 is 0 Å². The minimum absolute atomic E-state index is 0.00226. The first kappa shape index (κ1) is 20.9. The molecule has 0 saturated carbocycles. The van der Waals surface area contributed by atoms with Gasteiger partial charge in [0.2, 0.25) is 11.8 Å². The van der Waals surface area contributed by atoms with Gasteiger partial charge in [0.15, 0.2) is 0 Å². The van der Waals surface area contributed by atoms with Crippen LogP contribution in [-0.2, 0) is 9.59 Å². The van der Waals surface area contributed by atoms with E-state index in [-0.39, 0.29) is 23.8 Å². The van der Waals surface area contributed by atoms with Crippen LogP contribution in [0.4, 0.5) is 10.5 Å². The lowest BCUT2D eigenvalue weighted by Crippen LogP contribution is -2.54. The van der Waals surface area contributed by atoms with Gasteiger partial charge in [-0.3, -0.25) is 9.59 Å². The number of piperazine rings is 1. The Balaban J connectivity index is 1.38. The number of likely N-dealkylation sites (tertiary alicyclic amines) is 1. The maximum Gasteiger partial charge on any atom is 0.321 e. The molecule has 2 saturated heterocycles. The van der Waals surface area contributed by atoms with Gasteiger partial charge >= 0.3 is 6.03 Å². The highest BCUT2D eigenvalue weighted by Gasteiger charge is 2.38. The summed E-state index contributed by atoms with van der Waals surface area (Å²) in [5, 5.41) is 5.81. The Morgan fingerprint density at radius 1 is 1.00 bits per heavy atom. The normalized spacial score (nSPS) is 19.6. The number of piperidine rings is 1. The molecule has 0 bridgehead atoms. The van der Waals surface area contributed by atoms with Gasteiger partial charge in [-0.25, -0.2) is 4.79 Å². The van der Waals surface area contributed by atoms with Crippen molar-refractivity contribution < 1.29 is 14.4 Å². The third kappa shape index (κ3) is 4.71. The van der Waals surface area contributed by atoms with E-state index in [1.54, 1.807) is 9.80 Å². The third-order valence-electron chi connectivity index (χ3n) is 6.01. The SMILES string of the molecule is Cc1cccc(NC(=O)N2CCC(C(=O)N3CCNC(=O)C3c3ccccc3)CC2)c1. The average molecular weight is 421 g/mol. The molecule has 0 aliphatic carbocycles. The largest absolute Gasteiger partial charge is 0.352 e. The van der Waals surface area contributed by atoms with Crippen LogP contribution in [0.2, 0.25) is 0 Å². The van der Waals surface area contributed by atoms with Gasteiger partial charge in [0.25, 0.3) is 0 Å². The zero-order valence-corrected chi connectivity index (χ0v) is 17.7. The van der Waals surface area contributed by atoms with Crippen molar-refractivity contribution in [3.05, 3.63) is 65.7 Å². The molecule has 1 atom stereocenters. The highest BCUT2D eigenvalue weighted by molar-refractivity contribution is 5.91. The van der Waals surface area contributed by atoms with Crippen LogP contribution in [0.15, 0.2) is 54.6 Å². The lowest BCUT2D eigenvalue weighted by Gasteiger charge is -2.39. The molecule has 4 amide bonds. The van der Waals surface area contributed by atoms with Crippen LogP contribution in [0.3, 0.4) is 0 Å². The lowest BCUT2D eigenvalue weighted by molar-refractivity contribution is -0.147. The van der Waals surface area contributed by atoms with Crippen LogP contribution < -0.4 is 10.6 Å². The number of nitrogens with one attached hydrogen (secondary N) is 2. The molecule has 2 aliphatic heterocycles. The van der Waals surface area contributed by atoms with E-state index < -0.39 is 6.04 Å². The van der Waals surface area contributed by atoms with E-state index in [0.717, 1.165) is 16.8 Å². The molecule has 1 unspecified atom stereocenters. The fourth-order valence-electron chi connectivity index (χ4n) is 4.36. The molecular weight excluding hydrogens is 392 g/mol. The van der Waals surface area contributed by atoms with Crippen LogP contribution in [0, 0.1) is 12.8 Å². The van der Waals surface area contributed by atoms with E-state index in [9.17, 15) is 14.4 Å². The first-order chi connectivity index (χ1) is 15.0. The van der Waals surface area contributed by atoms with Gasteiger partial charge in [0.05, 0.1) is 0 Å². The number of urea groups is 1. The fourth-order valence-corrected chi connectivity index (χ4v) is 4.36.